The molecule has 4 heteroatoms. The van der Waals surface area contributed by atoms with E-state index in [-0.39, 0.29) is 0 Å². The summed E-state index contributed by atoms with van der Waals surface area (Å²) in [6.45, 7) is 7.99. The number of thiocarbonyl (C=S) groups is 1. The van der Waals surface area contributed by atoms with Crippen LogP contribution in [0, 0.1) is 0 Å². The van der Waals surface area contributed by atoms with Crippen LogP contribution in [-0.2, 0) is 6.61 Å². The Kier molecular flexibility index (Phi) is 5.83. The van der Waals surface area contributed by atoms with Crippen molar-refractivity contribution in [2.24, 2.45) is 0 Å². The predicted molar refractivity (Wildman–Crippen MR) is 103 cm³/mol. The van der Waals surface area contributed by atoms with Gasteiger partial charge < -0.3 is 14.5 Å². The number of nitrogens with zero attached hydrogens (tertiary/aromatic N) is 2. The number of para-hydroxylation sites is 1. The third kappa shape index (κ3) is 4.13. The molecule has 1 fully saturated rings. The van der Waals surface area contributed by atoms with Crippen molar-refractivity contribution in [3.05, 3.63) is 65.7 Å². The fraction of sp³-hybridized carbons (Fsp3) is 0.350. The maximum absolute atomic E-state index is 6.05. The van der Waals surface area contributed by atoms with E-state index in [2.05, 4.69) is 34.9 Å². The highest BCUT2D eigenvalue weighted by Crippen LogP contribution is 2.22. The SMILES string of the molecule is CCN1CCN(C(=S)c2ccccc2OCc2ccccc2)CC1. The summed E-state index contributed by atoms with van der Waals surface area (Å²) in [5.41, 5.74) is 2.18. The summed E-state index contributed by atoms with van der Waals surface area (Å²) in [6.07, 6.45) is 0. The molecular formula is C20H24N2OS. The highest BCUT2D eigenvalue weighted by Gasteiger charge is 2.20. The second-order valence-corrected chi connectivity index (χ2v) is 6.38. The van der Waals surface area contributed by atoms with Gasteiger partial charge in [0.1, 0.15) is 17.3 Å². The molecule has 1 heterocycles. The van der Waals surface area contributed by atoms with Crippen molar-refractivity contribution in [3.63, 3.8) is 0 Å². The summed E-state index contributed by atoms with van der Waals surface area (Å²) in [5, 5.41) is 0. The van der Waals surface area contributed by atoms with Crippen molar-refractivity contribution in [1.29, 1.82) is 0 Å². The van der Waals surface area contributed by atoms with Crippen LogP contribution in [0.3, 0.4) is 0 Å². The molecule has 0 spiro atoms. The van der Waals surface area contributed by atoms with Crippen LogP contribution in [0.25, 0.3) is 0 Å². The summed E-state index contributed by atoms with van der Waals surface area (Å²) < 4.78 is 6.05. The Labute approximate surface area is 149 Å². The van der Waals surface area contributed by atoms with Crippen LogP contribution >= 0.6 is 12.2 Å². The maximum Gasteiger partial charge on any atom is 0.130 e. The van der Waals surface area contributed by atoms with Gasteiger partial charge in [-0.3, -0.25) is 0 Å². The molecule has 1 aliphatic heterocycles. The first kappa shape index (κ1) is 16.9. The predicted octanol–water partition coefficient (Wildman–Crippen LogP) is 3.58. The molecule has 0 saturated carbocycles. The van der Waals surface area contributed by atoms with Gasteiger partial charge in [-0.15, -0.1) is 0 Å². The molecule has 24 heavy (non-hydrogen) atoms. The topological polar surface area (TPSA) is 15.7 Å². The Morgan fingerprint density at radius 2 is 1.62 bits per heavy atom. The molecule has 126 valence electrons. The van der Waals surface area contributed by atoms with Crippen LogP contribution in [-0.4, -0.2) is 47.5 Å². The minimum atomic E-state index is 0.560. The van der Waals surface area contributed by atoms with Crippen LogP contribution in [0.1, 0.15) is 18.1 Å². The van der Waals surface area contributed by atoms with Gasteiger partial charge in [0.15, 0.2) is 0 Å². The van der Waals surface area contributed by atoms with Gasteiger partial charge in [-0.25, -0.2) is 0 Å². The minimum absolute atomic E-state index is 0.560. The molecule has 2 aromatic carbocycles. The molecule has 0 bridgehead atoms. The molecule has 3 nitrogen and oxygen atoms in total. The zero-order valence-corrected chi connectivity index (χ0v) is 15.0. The number of ether oxygens (including phenoxy) is 1. The molecule has 0 radical (unpaired) electrons. The van der Waals surface area contributed by atoms with Crippen molar-refractivity contribution in [1.82, 2.24) is 9.80 Å². The Hall–Kier alpha value is -1.91. The van der Waals surface area contributed by atoms with E-state index in [1.807, 2.05) is 36.4 Å². The van der Waals surface area contributed by atoms with Crippen LogP contribution in [0.4, 0.5) is 0 Å². The van der Waals surface area contributed by atoms with Gasteiger partial charge in [-0.05, 0) is 24.2 Å². The lowest BCUT2D eigenvalue weighted by atomic mass is 10.1. The monoisotopic (exact) mass is 340 g/mol. The van der Waals surface area contributed by atoms with E-state index >= 15 is 0 Å². The van der Waals surface area contributed by atoms with E-state index in [0.29, 0.717) is 6.61 Å². The number of benzene rings is 2. The third-order valence-corrected chi connectivity index (χ3v) is 4.94. The zero-order valence-electron chi connectivity index (χ0n) is 14.1. The summed E-state index contributed by atoms with van der Waals surface area (Å²) in [5.74, 6) is 0.865. The summed E-state index contributed by atoms with van der Waals surface area (Å²) in [4.78, 5) is 5.65. The van der Waals surface area contributed by atoms with Gasteiger partial charge in [0.25, 0.3) is 0 Å². The van der Waals surface area contributed by atoms with E-state index in [0.717, 1.165) is 54.6 Å². The minimum Gasteiger partial charge on any atom is -0.488 e. The van der Waals surface area contributed by atoms with E-state index in [9.17, 15) is 0 Å². The van der Waals surface area contributed by atoms with Crippen LogP contribution in [0.5, 0.6) is 5.75 Å². The normalized spacial score (nSPS) is 15.3. The largest absolute Gasteiger partial charge is 0.488 e. The first-order chi connectivity index (χ1) is 11.8. The second-order valence-electron chi connectivity index (χ2n) is 6.00. The van der Waals surface area contributed by atoms with E-state index in [1.54, 1.807) is 0 Å². The molecular weight excluding hydrogens is 316 g/mol. The molecule has 0 atom stereocenters. The first-order valence-electron chi connectivity index (χ1n) is 8.55. The molecule has 1 aliphatic rings. The highest BCUT2D eigenvalue weighted by atomic mass is 32.1. The van der Waals surface area contributed by atoms with Gasteiger partial charge >= 0.3 is 0 Å². The van der Waals surface area contributed by atoms with E-state index < -0.39 is 0 Å². The number of hydrogen-bond acceptors (Lipinski definition) is 3. The summed E-state index contributed by atoms with van der Waals surface area (Å²) >= 11 is 5.76. The van der Waals surface area contributed by atoms with Gasteiger partial charge in [0.2, 0.25) is 0 Å². The second kappa shape index (κ2) is 8.27. The number of rotatable bonds is 5. The fourth-order valence-electron chi connectivity index (χ4n) is 2.94. The molecule has 0 amide bonds. The smallest absolute Gasteiger partial charge is 0.130 e. The Bertz CT molecular complexity index is 666. The van der Waals surface area contributed by atoms with E-state index in [1.165, 1.54) is 0 Å². The average Bonchev–Trinajstić information content (AvgIpc) is 2.67. The Morgan fingerprint density at radius 3 is 2.33 bits per heavy atom. The van der Waals surface area contributed by atoms with Crippen molar-refractivity contribution in [2.45, 2.75) is 13.5 Å². The van der Waals surface area contributed by atoms with Gasteiger partial charge in [0.05, 0.1) is 5.56 Å². The molecule has 0 aromatic heterocycles. The Morgan fingerprint density at radius 1 is 0.958 bits per heavy atom. The van der Waals surface area contributed by atoms with Gasteiger partial charge in [-0.1, -0.05) is 61.6 Å². The lowest BCUT2D eigenvalue weighted by molar-refractivity contribution is 0.191. The molecule has 2 aromatic rings. The van der Waals surface area contributed by atoms with Crippen molar-refractivity contribution < 1.29 is 4.74 Å². The summed E-state index contributed by atoms with van der Waals surface area (Å²) in [7, 11) is 0. The maximum atomic E-state index is 6.05. The van der Waals surface area contributed by atoms with Crippen LogP contribution in [0.15, 0.2) is 54.6 Å². The average molecular weight is 340 g/mol. The number of likely N-dealkylation sites (N-methyl/N-ethyl adjacent to an activating group) is 1. The lowest BCUT2D eigenvalue weighted by Crippen LogP contribution is -2.48. The third-order valence-electron chi connectivity index (χ3n) is 4.46. The lowest BCUT2D eigenvalue weighted by Gasteiger charge is -2.36. The first-order valence-corrected chi connectivity index (χ1v) is 8.96. The summed E-state index contributed by atoms with van der Waals surface area (Å²) in [6, 6.07) is 18.3. The fourth-order valence-corrected chi connectivity index (χ4v) is 3.29. The quantitative estimate of drug-likeness (QED) is 0.773. The molecule has 0 N–H and O–H groups in total. The van der Waals surface area contributed by atoms with Crippen molar-refractivity contribution >= 4 is 17.2 Å². The zero-order chi connectivity index (χ0) is 16.8. The van der Waals surface area contributed by atoms with E-state index in [4.69, 9.17) is 17.0 Å². The van der Waals surface area contributed by atoms with Crippen molar-refractivity contribution in [3.8, 4) is 5.75 Å². The molecule has 0 unspecified atom stereocenters. The Balaban J connectivity index is 1.68. The van der Waals surface area contributed by atoms with Gasteiger partial charge in [-0.2, -0.15) is 0 Å². The van der Waals surface area contributed by atoms with Crippen LogP contribution in [0.2, 0.25) is 0 Å². The highest BCUT2D eigenvalue weighted by molar-refractivity contribution is 7.80. The molecule has 1 saturated heterocycles. The molecule has 3 rings (SSSR count). The standard InChI is InChI=1S/C20H24N2OS/c1-2-21-12-14-22(15-13-21)20(24)18-10-6-7-11-19(18)23-16-17-8-4-3-5-9-17/h3-11H,2,12-16H2,1H3. The van der Waals surface area contributed by atoms with Gasteiger partial charge in [0, 0.05) is 26.2 Å². The number of hydrogen-bond donors (Lipinski definition) is 0. The van der Waals surface area contributed by atoms with Crippen LogP contribution < -0.4 is 4.74 Å². The van der Waals surface area contributed by atoms with Crippen molar-refractivity contribution in [2.75, 3.05) is 32.7 Å². The number of piperazine rings is 1. The molecule has 0 aliphatic carbocycles.